The predicted molar refractivity (Wildman–Crippen MR) is 140 cm³/mol. The first-order valence-corrected chi connectivity index (χ1v) is 12.6. The third kappa shape index (κ3) is 4.94. The molecular weight excluding hydrogens is 539 g/mol. The minimum Gasteiger partial charge on any atom is -0.397 e. The van der Waals surface area contributed by atoms with Crippen molar-refractivity contribution in [2.45, 2.75) is 26.1 Å². The van der Waals surface area contributed by atoms with E-state index in [1.54, 1.807) is 41.2 Å². The van der Waals surface area contributed by atoms with E-state index in [1.165, 1.54) is 12.1 Å². The van der Waals surface area contributed by atoms with E-state index in [4.69, 9.17) is 26.8 Å². The largest absolute Gasteiger partial charge is 0.416 e. The van der Waals surface area contributed by atoms with Crippen LogP contribution >= 0.6 is 22.9 Å². The molecule has 2 aromatic carbocycles. The molecule has 5 rings (SSSR count). The zero-order valence-corrected chi connectivity index (χ0v) is 21.6. The number of halogens is 4. The maximum absolute atomic E-state index is 13.2. The number of anilines is 2. The van der Waals surface area contributed by atoms with Crippen molar-refractivity contribution in [3.63, 3.8) is 0 Å². The number of hydrogen-bond donors (Lipinski definition) is 2. The minimum absolute atomic E-state index is 0.0283. The highest BCUT2D eigenvalue weighted by atomic mass is 35.5. The number of rotatable bonds is 5. The average molecular weight is 559 g/mol. The van der Waals surface area contributed by atoms with Crippen LogP contribution in [-0.2, 0) is 6.18 Å². The van der Waals surface area contributed by atoms with Gasteiger partial charge in [-0.1, -0.05) is 35.9 Å². The van der Waals surface area contributed by atoms with Crippen molar-refractivity contribution in [2.75, 3.05) is 11.1 Å². The van der Waals surface area contributed by atoms with Crippen LogP contribution in [0.3, 0.4) is 0 Å². The molecule has 0 aliphatic carbocycles. The molecular formula is C26H20ClF3N5O2S+. The summed E-state index contributed by atoms with van der Waals surface area (Å²) in [4.78, 5) is 18.5. The topological polar surface area (TPSA) is 97.9 Å². The number of nitrogen functional groups attached to an aromatic ring is 1. The molecule has 3 aromatic heterocycles. The monoisotopic (exact) mass is 558 g/mol. The summed E-state index contributed by atoms with van der Waals surface area (Å²) in [6.07, 6.45) is -2.92. The van der Waals surface area contributed by atoms with E-state index in [-0.39, 0.29) is 22.5 Å². The first-order chi connectivity index (χ1) is 18.0. The van der Waals surface area contributed by atoms with Gasteiger partial charge in [0.2, 0.25) is 5.27 Å². The van der Waals surface area contributed by atoms with Crippen LogP contribution in [0, 0.1) is 0 Å². The van der Waals surface area contributed by atoms with Crippen molar-refractivity contribution in [1.82, 2.24) is 10.3 Å². The van der Waals surface area contributed by atoms with Gasteiger partial charge in [0, 0.05) is 16.0 Å². The zero-order chi connectivity index (χ0) is 27.2. The Morgan fingerprint density at radius 1 is 1.11 bits per heavy atom. The molecule has 3 N–H and O–H groups in total. The van der Waals surface area contributed by atoms with E-state index < -0.39 is 17.6 Å². The van der Waals surface area contributed by atoms with E-state index in [0.29, 0.717) is 32.1 Å². The molecule has 0 bridgehead atoms. The van der Waals surface area contributed by atoms with Crippen molar-refractivity contribution >= 4 is 50.6 Å². The van der Waals surface area contributed by atoms with Gasteiger partial charge in [-0.05, 0) is 60.0 Å². The minimum atomic E-state index is -4.47. The Morgan fingerprint density at radius 2 is 1.76 bits per heavy atom. The molecule has 0 atom stereocenters. The molecule has 1 amide bonds. The van der Waals surface area contributed by atoms with Gasteiger partial charge in [0.1, 0.15) is 9.71 Å². The summed E-state index contributed by atoms with van der Waals surface area (Å²) < 4.78 is 46.3. The maximum atomic E-state index is 13.2. The molecule has 3 heterocycles. The fourth-order valence-electron chi connectivity index (χ4n) is 3.85. The molecule has 0 saturated carbocycles. The van der Waals surface area contributed by atoms with Gasteiger partial charge in [-0.3, -0.25) is 14.6 Å². The summed E-state index contributed by atoms with van der Waals surface area (Å²) in [7, 11) is 0. The number of nitrogens with two attached hydrogens (primary N) is 1. The fourth-order valence-corrected chi connectivity index (χ4v) is 4.99. The van der Waals surface area contributed by atoms with Gasteiger partial charge in [0.15, 0.2) is 6.04 Å². The van der Waals surface area contributed by atoms with Gasteiger partial charge < -0.3 is 5.73 Å². The lowest BCUT2D eigenvalue weighted by molar-refractivity contribution is -0.779. The number of thiophene rings is 1. The van der Waals surface area contributed by atoms with Crippen molar-refractivity contribution in [3.05, 3.63) is 76.3 Å². The van der Waals surface area contributed by atoms with E-state index >= 15 is 0 Å². The molecule has 0 aliphatic rings. The second-order valence-electron chi connectivity index (χ2n) is 8.76. The molecule has 0 saturated heterocycles. The number of hydrogen-bond acceptors (Lipinski definition) is 6. The Balaban J connectivity index is 1.63. The summed E-state index contributed by atoms with van der Waals surface area (Å²) in [5.41, 5.74) is 8.16. The Bertz CT molecular complexity index is 1640. The quantitative estimate of drug-likeness (QED) is 0.226. The van der Waals surface area contributed by atoms with E-state index in [1.807, 2.05) is 13.8 Å². The van der Waals surface area contributed by atoms with Crippen LogP contribution in [0.25, 0.3) is 32.6 Å². The number of amides is 1. The summed E-state index contributed by atoms with van der Waals surface area (Å²) in [6, 6.07) is 13.5. The molecule has 7 nitrogen and oxygen atoms in total. The summed E-state index contributed by atoms with van der Waals surface area (Å²) >= 11 is 7.10. The zero-order valence-electron chi connectivity index (χ0n) is 20.0. The van der Waals surface area contributed by atoms with Crippen LogP contribution in [0.5, 0.6) is 0 Å². The molecule has 0 aliphatic heterocycles. The van der Waals surface area contributed by atoms with Gasteiger partial charge in [-0.15, -0.1) is 11.3 Å². The molecule has 0 fully saturated rings. The van der Waals surface area contributed by atoms with Gasteiger partial charge in [-0.25, -0.2) is 4.98 Å². The van der Waals surface area contributed by atoms with Crippen molar-refractivity contribution in [1.29, 1.82) is 0 Å². The molecule has 194 valence electrons. The number of benzene rings is 2. The lowest BCUT2D eigenvalue weighted by Crippen LogP contribution is -2.36. The first kappa shape index (κ1) is 25.7. The molecule has 0 spiro atoms. The second kappa shape index (κ2) is 9.73. The highest BCUT2D eigenvalue weighted by Gasteiger charge is 2.30. The standard InChI is InChI=1S/C26H19ClF3N5O2S/c1-13(2)35-12-20(37-34-35)33-24(36)23-22(31)21-18(14-3-7-16(8-4-14)26(28,29)30)11-19(32-25(21)38-23)15-5-9-17(27)10-6-15/h3-13H,1-2H3,(H2-,31,33,34,36)/p+1. The average Bonchev–Trinajstić information content (AvgIpc) is 3.48. The molecule has 12 heteroatoms. The fraction of sp³-hybridized carbons (Fsp3) is 0.154. The summed E-state index contributed by atoms with van der Waals surface area (Å²) in [6.45, 7) is 3.82. The smallest absolute Gasteiger partial charge is 0.397 e. The number of carbonyl (C=O) groups excluding carboxylic acids is 1. The number of aromatic nitrogens is 3. The lowest BCUT2D eigenvalue weighted by Gasteiger charge is -2.11. The lowest BCUT2D eigenvalue weighted by atomic mass is 9.98. The third-order valence-corrected chi connectivity index (χ3v) is 7.17. The molecule has 0 unspecified atom stereocenters. The van der Waals surface area contributed by atoms with E-state index in [9.17, 15) is 18.0 Å². The number of carbonyl (C=O) groups is 1. The van der Waals surface area contributed by atoms with Crippen molar-refractivity contribution in [2.24, 2.45) is 0 Å². The highest BCUT2D eigenvalue weighted by molar-refractivity contribution is 7.21. The van der Waals surface area contributed by atoms with Crippen LogP contribution in [0.2, 0.25) is 5.02 Å². The van der Waals surface area contributed by atoms with Crippen LogP contribution in [0.4, 0.5) is 24.7 Å². The van der Waals surface area contributed by atoms with Gasteiger partial charge >= 0.3 is 12.1 Å². The highest BCUT2D eigenvalue weighted by Crippen LogP contribution is 2.42. The first-order valence-electron chi connectivity index (χ1n) is 11.4. The van der Waals surface area contributed by atoms with Gasteiger partial charge in [0.25, 0.3) is 12.1 Å². The maximum Gasteiger partial charge on any atom is 0.416 e. The Labute approximate surface area is 223 Å². The Hall–Kier alpha value is -3.96. The normalized spacial score (nSPS) is 11.9. The van der Waals surface area contributed by atoms with Crippen LogP contribution in [0.1, 0.15) is 35.1 Å². The van der Waals surface area contributed by atoms with Crippen molar-refractivity contribution in [3.8, 4) is 22.4 Å². The predicted octanol–water partition coefficient (Wildman–Crippen LogP) is 6.99. The number of pyridine rings is 1. The Morgan fingerprint density at radius 3 is 2.37 bits per heavy atom. The molecule has 38 heavy (non-hydrogen) atoms. The SMILES string of the molecule is CC(C)[n+]1cc(NC(=O)c2sc3nc(-c4ccc(Cl)cc4)cc(-c4ccc(C(F)(F)F)cc4)c3c2N)on1. The van der Waals surface area contributed by atoms with Crippen molar-refractivity contribution < 1.29 is 27.2 Å². The number of nitrogens with one attached hydrogen (secondary N) is 1. The van der Waals surface area contributed by atoms with Crippen LogP contribution in [-0.4, -0.2) is 16.2 Å². The van der Waals surface area contributed by atoms with Crippen LogP contribution in [0.15, 0.2) is 65.3 Å². The summed E-state index contributed by atoms with van der Waals surface area (Å²) in [5.74, 6) is -0.387. The molecule has 5 aromatic rings. The second-order valence-corrected chi connectivity index (χ2v) is 10.2. The van der Waals surface area contributed by atoms with Crippen LogP contribution < -0.4 is 15.7 Å². The number of nitrogens with zero attached hydrogens (tertiary/aromatic N) is 3. The van der Waals surface area contributed by atoms with E-state index in [0.717, 1.165) is 29.0 Å². The van der Waals surface area contributed by atoms with Gasteiger partial charge in [0.05, 0.1) is 16.9 Å². The van der Waals surface area contributed by atoms with Gasteiger partial charge in [-0.2, -0.15) is 13.2 Å². The number of alkyl halides is 3. The number of fused-ring (bicyclic) bond motifs is 1. The van der Waals surface area contributed by atoms with E-state index in [2.05, 4.69) is 10.6 Å². The molecule has 0 radical (unpaired) electrons. The Kier molecular flexibility index (Phi) is 6.58. The third-order valence-electron chi connectivity index (χ3n) is 5.82. The summed E-state index contributed by atoms with van der Waals surface area (Å²) in [5, 5.41) is 7.51.